The molecule has 0 aliphatic carbocycles. The summed E-state index contributed by atoms with van der Waals surface area (Å²) in [4.78, 5) is 5.43. The Labute approximate surface area is 157 Å². The van der Waals surface area contributed by atoms with Crippen LogP contribution in [0.3, 0.4) is 0 Å². The van der Waals surface area contributed by atoms with E-state index in [1.165, 1.54) is 0 Å². The first-order chi connectivity index (χ1) is 12.2. The first kappa shape index (κ1) is 19.4. The Morgan fingerprint density at radius 2 is 1.84 bits per heavy atom. The van der Waals surface area contributed by atoms with Crippen molar-refractivity contribution < 1.29 is 9.84 Å². The molecule has 0 aliphatic rings. The quantitative estimate of drug-likeness (QED) is 0.543. The Bertz CT molecular complexity index is 690. The molecule has 0 spiro atoms. The second kappa shape index (κ2) is 10.8. The van der Waals surface area contributed by atoms with Crippen LogP contribution in [-0.4, -0.2) is 45.9 Å². The Morgan fingerprint density at radius 3 is 2.56 bits per heavy atom. The van der Waals surface area contributed by atoms with E-state index in [2.05, 4.69) is 35.6 Å². The van der Waals surface area contributed by atoms with E-state index in [4.69, 9.17) is 4.74 Å². The summed E-state index contributed by atoms with van der Waals surface area (Å²) in [7, 11) is 0. The SMILES string of the molecule is CCN(CC)c1cccc(OCC(O)C[Se]C#Cc2ccccc2)c1. The summed E-state index contributed by atoms with van der Waals surface area (Å²) in [5, 5.41) is 10.8. The van der Waals surface area contributed by atoms with Crippen LogP contribution in [0.2, 0.25) is 5.32 Å². The Kier molecular flexibility index (Phi) is 8.42. The Hall–Kier alpha value is -1.92. The van der Waals surface area contributed by atoms with Crippen molar-refractivity contribution in [1.82, 2.24) is 0 Å². The van der Waals surface area contributed by atoms with Gasteiger partial charge >= 0.3 is 157 Å². The summed E-state index contributed by atoms with van der Waals surface area (Å²) >= 11 is 0.0850. The molecular formula is C21H25NO2Se. The van der Waals surface area contributed by atoms with E-state index in [1.807, 2.05) is 48.5 Å². The molecule has 0 saturated heterocycles. The zero-order valence-corrected chi connectivity index (χ0v) is 16.5. The monoisotopic (exact) mass is 403 g/mol. The average Bonchev–Trinajstić information content (AvgIpc) is 2.66. The van der Waals surface area contributed by atoms with Gasteiger partial charge in [0.1, 0.15) is 0 Å². The maximum atomic E-state index is 10.1. The second-order valence-corrected chi connectivity index (χ2v) is 7.27. The number of hydrogen-bond donors (Lipinski definition) is 1. The number of anilines is 1. The summed E-state index contributed by atoms with van der Waals surface area (Å²) in [6, 6.07) is 17.9. The van der Waals surface area contributed by atoms with Crippen LogP contribution in [0.15, 0.2) is 54.6 Å². The fraction of sp³-hybridized carbons (Fsp3) is 0.333. The van der Waals surface area contributed by atoms with Gasteiger partial charge in [-0.3, -0.25) is 0 Å². The van der Waals surface area contributed by atoms with E-state index < -0.39 is 6.10 Å². The predicted octanol–water partition coefficient (Wildman–Crippen LogP) is 3.40. The zero-order chi connectivity index (χ0) is 17.9. The van der Waals surface area contributed by atoms with Gasteiger partial charge < -0.3 is 0 Å². The van der Waals surface area contributed by atoms with Crippen molar-refractivity contribution in [2.45, 2.75) is 25.3 Å². The van der Waals surface area contributed by atoms with Gasteiger partial charge in [0, 0.05) is 0 Å². The third-order valence-corrected chi connectivity index (χ3v) is 5.38. The molecule has 0 bridgehead atoms. The van der Waals surface area contributed by atoms with E-state index in [0.29, 0.717) is 11.9 Å². The van der Waals surface area contributed by atoms with Crippen molar-refractivity contribution in [2.75, 3.05) is 24.6 Å². The molecule has 3 nitrogen and oxygen atoms in total. The van der Waals surface area contributed by atoms with Gasteiger partial charge in [-0.2, -0.15) is 0 Å². The topological polar surface area (TPSA) is 32.7 Å². The normalized spacial score (nSPS) is 11.3. The molecule has 0 aliphatic heterocycles. The third kappa shape index (κ3) is 6.84. The molecule has 2 aromatic carbocycles. The first-order valence-electron chi connectivity index (χ1n) is 8.56. The molecule has 0 amide bonds. The molecule has 0 fully saturated rings. The zero-order valence-electron chi connectivity index (χ0n) is 14.8. The number of aliphatic hydroxyl groups is 1. The average molecular weight is 402 g/mol. The number of nitrogens with zero attached hydrogens (tertiary/aromatic N) is 1. The van der Waals surface area contributed by atoms with Crippen LogP contribution in [0.25, 0.3) is 0 Å². The van der Waals surface area contributed by atoms with Gasteiger partial charge in [0.25, 0.3) is 0 Å². The standard InChI is InChI=1S/C21H25NO2Se/c1-3-22(4-2)19-11-8-12-21(15-19)24-16-20(23)17-25-14-13-18-9-6-5-7-10-18/h5-12,15,20,23H,3-4,16-17H2,1-2H3. The number of ether oxygens (including phenoxy) is 1. The molecule has 0 radical (unpaired) electrons. The molecule has 0 aromatic heterocycles. The number of rotatable bonds is 8. The summed E-state index contributed by atoms with van der Waals surface area (Å²) in [5.74, 6) is 3.92. The first-order valence-corrected chi connectivity index (χ1v) is 10.6. The molecule has 1 N–H and O–H groups in total. The van der Waals surface area contributed by atoms with Gasteiger partial charge in [-0.15, -0.1) is 0 Å². The maximum absolute atomic E-state index is 10.1. The number of aliphatic hydroxyl groups excluding tert-OH is 1. The molecule has 2 aromatic rings. The van der Waals surface area contributed by atoms with Gasteiger partial charge in [-0.1, -0.05) is 0 Å². The molecule has 1 unspecified atom stereocenters. The van der Waals surface area contributed by atoms with E-state index in [9.17, 15) is 5.11 Å². The molecule has 0 heterocycles. The molecule has 132 valence electrons. The van der Waals surface area contributed by atoms with Crippen LogP contribution in [-0.2, 0) is 0 Å². The van der Waals surface area contributed by atoms with Crippen LogP contribution in [0.1, 0.15) is 19.4 Å². The molecule has 2 rings (SSSR count). The van der Waals surface area contributed by atoms with Gasteiger partial charge in [-0.25, -0.2) is 0 Å². The summed E-state index contributed by atoms with van der Waals surface area (Å²) in [6.45, 7) is 6.51. The van der Waals surface area contributed by atoms with Crippen molar-refractivity contribution in [3.05, 3.63) is 60.2 Å². The van der Waals surface area contributed by atoms with Crippen LogP contribution < -0.4 is 9.64 Å². The van der Waals surface area contributed by atoms with Crippen molar-refractivity contribution in [1.29, 1.82) is 0 Å². The van der Waals surface area contributed by atoms with E-state index >= 15 is 0 Å². The molecule has 4 heteroatoms. The van der Waals surface area contributed by atoms with Crippen molar-refractivity contribution >= 4 is 20.6 Å². The predicted molar refractivity (Wildman–Crippen MR) is 105 cm³/mol. The van der Waals surface area contributed by atoms with Crippen molar-refractivity contribution in [3.63, 3.8) is 0 Å². The fourth-order valence-corrected chi connectivity index (χ4v) is 3.53. The van der Waals surface area contributed by atoms with E-state index in [0.717, 1.165) is 30.1 Å². The van der Waals surface area contributed by atoms with Crippen molar-refractivity contribution in [3.8, 4) is 16.5 Å². The molecule has 25 heavy (non-hydrogen) atoms. The third-order valence-electron chi connectivity index (χ3n) is 3.71. The van der Waals surface area contributed by atoms with Crippen LogP contribution in [0.5, 0.6) is 5.75 Å². The van der Waals surface area contributed by atoms with Gasteiger partial charge in [0.15, 0.2) is 0 Å². The number of hydrogen-bond acceptors (Lipinski definition) is 3. The molecule has 1 atom stereocenters. The summed E-state index contributed by atoms with van der Waals surface area (Å²) in [6.07, 6.45) is -0.484. The van der Waals surface area contributed by atoms with Crippen LogP contribution in [0.4, 0.5) is 5.69 Å². The second-order valence-electron chi connectivity index (χ2n) is 5.54. The minimum atomic E-state index is -0.484. The van der Waals surface area contributed by atoms with Crippen LogP contribution in [0, 0.1) is 10.7 Å². The van der Waals surface area contributed by atoms with Crippen LogP contribution >= 0.6 is 0 Å². The van der Waals surface area contributed by atoms with E-state index in [-0.39, 0.29) is 15.0 Å². The van der Waals surface area contributed by atoms with Gasteiger partial charge in [0.2, 0.25) is 0 Å². The minimum absolute atomic E-state index is 0.0850. The van der Waals surface area contributed by atoms with Gasteiger partial charge in [0.05, 0.1) is 0 Å². The number of benzene rings is 2. The molecule has 0 saturated carbocycles. The van der Waals surface area contributed by atoms with Gasteiger partial charge in [-0.05, 0) is 0 Å². The Morgan fingerprint density at radius 1 is 1.08 bits per heavy atom. The Balaban J connectivity index is 1.77. The summed E-state index contributed by atoms with van der Waals surface area (Å²) < 4.78 is 5.75. The molecular weight excluding hydrogens is 377 g/mol. The van der Waals surface area contributed by atoms with E-state index in [1.54, 1.807) is 0 Å². The summed E-state index contributed by atoms with van der Waals surface area (Å²) in [5.41, 5.74) is 2.17. The van der Waals surface area contributed by atoms with Crippen molar-refractivity contribution in [2.24, 2.45) is 0 Å². The fourth-order valence-electron chi connectivity index (χ4n) is 2.35.